The highest BCUT2D eigenvalue weighted by atomic mass is 16.5. The standard InChI is InChI=1S/C29H40O5/c1-18(30)34-15-23(31)28-11-9-27(10-12-28)22-6-5-19-13-26(16-24(2,3)17-26)29(32,33)14-21(19)20(22)7-8-25(27,28)4/h9,11,20,22,32-33H,5-8,10,12-17H2,1-4H3/t20-,22-,25+,27?,28-/m1/s1. The van der Waals surface area contributed by atoms with Crippen LogP contribution in [0, 0.1) is 38.9 Å². The molecule has 1 unspecified atom stereocenters. The Labute approximate surface area is 203 Å². The van der Waals surface area contributed by atoms with E-state index in [1.807, 2.05) is 0 Å². The number of carbonyl (C=O) groups is 2. The van der Waals surface area contributed by atoms with Crippen molar-refractivity contribution >= 4 is 11.8 Å². The number of fused-ring (bicyclic) bond motifs is 2. The molecule has 0 aromatic heterocycles. The van der Waals surface area contributed by atoms with Crippen LogP contribution in [0.3, 0.4) is 0 Å². The lowest BCUT2D eigenvalue weighted by atomic mass is 9.42. The Morgan fingerprint density at radius 1 is 1.03 bits per heavy atom. The molecule has 0 aromatic carbocycles. The number of Topliss-reactive ketones (excluding diaryl/α,β-unsaturated/α-hetero) is 1. The van der Waals surface area contributed by atoms with Crippen molar-refractivity contribution in [1.82, 2.24) is 0 Å². The van der Waals surface area contributed by atoms with Crippen LogP contribution >= 0.6 is 0 Å². The van der Waals surface area contributed by atoms with Crippen molar-refractivity contribution in [3.63, 3.8) is 0 Å². The van der Waals surface area contributed by atoms with Gasteiger partial charge in [0.15, 0.2) is 18.2 Å². The Morgan fingerprint density at radius 2 is 1.76 bits per heavy atom. The fraction of sp³-hybridized carbons (Fsp3) is 0.793. The van der Waals surface area contributed by atoms with Gasteiger partial charge in [-0.15, -0.1) is 0 Å². The second-order valence-corrected chi connectivity index (χ2v) is 13.8. The third kappa shape index (κ3) is 2.58. The molecular weight excluding hydrogens is 428 g/mol. The predicted octanol–water partition coefficient (Wildman–Crippen LogP) is 4.86. The van der Waals surface area contributed by atoms with Gasteiger partial charge in [0, 0.05) is 18.8 Å². The van der Waals surface area contributed by atoms with Crippen molar-refractivity contribution in [2.45, 2.75) is 97.7 Å². The molecule has 0 saturated heterocycles. The second kappa shape index (κ2) is 6.64. The van der Waals surface area contributed by atoms with Gasteiger partial charge in [-0.25, -0.2) is 0 Å². The second-order valence-electron chi connectivity index (χ2n) is 13.8. The van der Waals surface area contributed by atoms with Crippen molar-refractivity contribution in [2.24, 2.45) is 38.9 Å². The third-order valence-electron chi connectivity index (χ3n) is 11.7. The number of allylic oxidation sites excluding steroid dienone is 3. The summed E-state index contributed by atoms with van der Waals surface area (Å²) in [6, 6.07) is 0. The summed E-state index contributed by atoms with van der Waals surface area (Å²) in [4.78, 5) is 24.8. The molecule has 6 aliphatic carbocycles. The van der Waals surface area contributed by atoms with Crippen molar-refractivity contribution < 1.29 is 24.5 Å². The number of esters is 1. The van der Waals surface area contributed by atoms with E-state index < -0.39 is 17.2 Å². The minimum Gasteiger partial charge on any atom is -0.458 e. The van der Waals surface area contributed by atoms with Gasteiger partial charge >= 0.3 is 5.97 Å². The van der Waals surface area contributed by atoms with E-state index in [1.54, 1.807) is 0 Å². The van der Waals surface area contributed by atoms with Crippen LogP contribution in [0.5, 0.6) is 0 Å². The first-order valence-electron chi connectivity index (χ1n) is 13.3. The lowest BCUT2D eigenvalue weighted by Gasteiger charge is -2.64. The minimum absolute atomic E-state index is 0.0263. The molecule has 186 valence electrons. The Balaban J connectivity index is 1.31. The summed E-state index contributed by atoms with van der Waals surface area (Å²) in [5, 5.41) is 22.6. The van der Waals surface area contributed by atoms with Gasteiger partial charge in [-0.1, -0.05) is 44.1 Å². The van der Waals surface area contributed by atoms with E-state index in [1.165, 1.54) is 18.1 Å². The van der Waals surface area contributed by atoms with E-state index in [-0.39, 0.29) is 34.1 Å². The molecule has 5 heteroatoms. The normalized spacial score (nSPS) is 44.2. The van der Waals surface area contributed by atoms with E-state index >= 15 is 0 Å². The largest absolute Gasteiger partial charge is 0.458 e. The lowest BCUT2D eigenvalue weighted by molar-refractivity contribution is -0.296. The van der Waals surface area contributed by atoms with Crippen LogP contribution in [0.2, 0.25) is 0 Å². The molecule has 5 nitrogen and oxygen atoms in total. The van der Waals surface area contributed by atoms with E-state index in [4.69, 9.17) is 4.74 Å². The molecule has 0 aromatic rings. The quantitative estimate of drug-likeness (QED) is 0.351. The summed E-state index contributed by atoms with van der Waals surface area (Å²) >= 11 is 0. The van der Waals surface area contributed by atoms with Crippen LogP contribution < -0.4 is 0 Å². The van der Waals surface area contributed by atoms with E-state index in [2.05, 4.69) is 32.9 Å². The molecule has 0 radical (unpaired) electrons. The van der Waals surface area contributed by atoms with Gasteiger partial charge in [0.05, 0.1) is 5.41 Å². The van der Waals surface area contributed by atoms with Crippen molar-refractivity contribution in [2.75, 3.05) is 6.61 Å². The minimum atomic E-state index is -1.62. The molecule has 0 heterocycles. The maximum atomic E-state index is 13.4. The zero-order valence-electron chi connectivity index (χ0n) is 21.2. The third-order valence-corrected chi connectivity index (χ3v) is 11.7. The highest BCUT2D eigenvalue weighted by Crippen LogP contribution is 2.78. The van der Waals surface area contributed by atoms with Crippen LogP contribution in [0.1, 0.15) is 91.9 Å². The summed E-state index contributed by atoms with van der Waals surface area (Å²) in [5.74, 6) is -1.16. The van der Waals surface area contributed by atoms with Gasteiger partial charge in [0.2, 0.25) is 0 Å². The predicted molar refractivity (Wildman–Crippen MR) is 127 cm³/mol. The Hall–Kier alpha value is -1.46. The van der Waals surface area contributed by atoms with Gasteiger partial charge in [-0.2, -0.15) is 0 Å². The van der Waals surface area contributed by atoms with Crippen LogP contribution in [0.15, 0.2) is 23.3 Å². The molecule has 3 fully saturated rings. The van der Waals surface area contributed by atoms with Gasteiger partial charge in [0.1, 0.15) is 0 Å². The smallest absolute Gasteiger partial charge is 0.303 e. The van der Waals surface area contributed by atoms with E-state index in [9.17, 15) is 19.8 Å². The summed E-state index contributed by atoms with van der Waals surface area (Å²) in [5.41, 5.74) is 1.94. The average molecular weight is 469 g/mol. The fourth-order valence-corrected chi connectivity index (χ4v) is 10.5. The summed E-state index contributed by atoms with van der Waals surface area (Å²) in [6.45, 7) is 8.00. The van der Waals surface area contributed by atoms with Gasteiger partial charge in [-0.05, 0) is 85.9 Å². The van der Waals surface area contributed by atoms with E-state index in [0.29, 0.717) is 18.3 Å². The Morgan fingerprint density at radius 3 is 2.38 bits per heavy atom. The molecule has 0 aliphatic heterocycles. The first-order chi connectivity index (χ1) is 15.8. The molecule has 6 rings (SSSR count). The van der Waals surface area contributed by atoms with Crippen LogP contribution in [-0.2, 0) is 14.3 Å². The maximum absolute atomic E-state index is 13.4. The molecule has 2 bridgehead atoms. The maximum Gasteiger partial charge on any atom is 0.303 e. The van der Waals surface area contributed by atoms with Crippen molar-refractivity contribution in [3.05, 3.63) is 23.3 Å². The molecule has 3 saturated carbocycles. The lowest BCUT2D eigenvalue weighted by Crippen LogP contribution is -2.62. The van der Waals surface area contributed by atoms with Crippen LogP contribution in [-0.4, -0.2) is 34.4 Å². The number of aliphatic hydroxyl groups is 2. The number of hydrogen-bond acceptors (Lipinski definition) is 5. The molecule has 1 spiro atoms. The molecular formula is C29H40O5. The van der Waals surface area contributed by atoms with Crippen LogP contribution in [0.4, 0.5) is 0 Å². The SMILES string of the molecule is CC(=O)OCC(=O)[C@@]12C=CC3(CC1)[C@@H]1CCC4=C(CC(O)(O)C5(C4)CC(C)(C)C5)[C@H]1CC[C@@]32C. The molecule has 34 heavy (non-hydrogen) atoms. The monoisotopic (exact) mass is 468 g/mol. The summed E-state index contributed by atoms with van der Waals surface area (Å²) in [6.07, 6.45) is 13.5. The number of rotatable bonds is 3. The Bertz CT molecular complexity index is 1030. The summed E-state index contributed by atoms with van der Waals surface area (Å²) < 4.78 is 5.15. The first-order valence-corrected chi connectivity index (χ1v) is 13.3. The zero-order chi connectivity index (χ0) is 24.4. The van der Waals surface area contributed by atoms with E-state index in [0.717, 1.165) is 57.8 Å². The topological polar surface area (TPSA) is 83.8 Å². The fourth-order valence-electron chi connectivity index (χ4n) is 10.5. The molecule has 6 aliphatic rings. The van der Waals surface area contributed by atoms with Crippen molar-refractivity contribution in [1.29, 1.82) is 0 Å². The molecule has 2 N–H and O–H groups in total. The average Bonchev–Trinajstić information content (AvgIpc) is 3.15. The number of ether oxygens (including phenoxy) is 1. The van der Waals surface area contributed by atoms with Gasteiger partial charge < -0.3 is 14.9 Å². The highest BCUT2D eigenvalue weighted by molar-refractivity contribution is 5.91. The first kappa shape index (κ1) is 23.0. The van der Waals surface area contributed by atoms with Gasteiger partial charge in [-0.3, -0.25) is 9.59 Å². The Kier molecular flexibility index (Phi) is 4.49. The van der Waals surface area contributed by atoms with Gasteiger partial charge in [0.25, 0.3) is 0 Å². The zero-order valence-corrected chi connectivity index (χ0v) is 21.2. The molecule has 5 atom stereocenters. The highest BCUT2D eigenvalue weighted by Gasteiger charge is 2.74. The number of carbonyl (C=O) groups excluding carboxylic acids is 2. The van der Waals surface area contributed by atoms with Crippen LogP contribution in [0.25, 0.3) is 0 Å². The number of hydrogen-bond donors (Lipinski definition) is 2. The number of ketones is 1. The summed E-state index contributed by atoms with van der Waals surface area (Å²) in [7, 11) is 0. The molecule has 0 amide bonds. The van der Waals surface area contributed by atoms with Crippen molar-refractivity contribution in [3.8, 4) is 0 Å².